The van der Waals surface area contributed by atoms with E-state index in [9.17, 15) is 4.39 Å². The molecule has 0 atom stereocenters. The summed E-state index contributed by atoms with van der Waals surface area (Å²) in [4.78, 5) is 21.1. The van der Waals surface area contributed by atoms with Crippen LogP contribution in [0.2, 0.25) is 5.02 Å². The lowest BCUT2D eigenvalue weighted by Crippen LogP contribution is -2.44. The molecule has 172 valence electrons. The average Bonchev–Trinajstić information content (AvgIpc) is 3.72. The number of pyridine rings is 2. The molecule has 2 N–H and O–H groups in total. The molecule has 4 heterocycles. The Morgan fingerprint density at radius 1 is 1.09 bits per heavy atom. The number of piperazine rings is 1. The zero-order chi connectivity index (χ0) is 23.1. The SMILES string of the molecule is Fc1cccc(Cl)c1Nc1cc(-c2nc(N3CCNCC3)c3c(C4CC4)cncc3n2)ccn1. The largest absolute Gasteiger partial charge is 0.353 e. The number of benzene rings is 1. The van der Waals surface area contributed by atoms with E-state index in [1.807, 2.05) is 24.5 Å². The fraction of sp³-hybridized carbons (Fsp3) is 0.280. The van der Waals surface area contributed by atoms with Crippen molar-refractivity contribution in [2.45, 2.75) is 18.8 Å². The predicted octanol–water partition coefficient (Wildman–Crippen LogP) is 4.91. The number of hydrogen-bond acceptors (Lipinski definition) is 7. The normalized spacial score (nSPS) is 16.1. The molecule has 1 aliphatic carbocycles. The highest BCUT2D eigenvalue weighted by molar-refractivity contribution is 6.33. The van der Waals surface area contributed by atoms with E-state index in [0.29, 0.717) is 17.6 Å². The highest BCUT2D eigenvalue weighted by Gasteiger charge is 2.29. The van der Waals surface area contributed by atoms with Crippen molar-refractivity contribution >= 4 is 39.8 Å². The molecule has 0 radical (unpaired) electrons. The van der Waals surface area contributed by atoms with E-state index in [1.165, 1.54) is 24.5 Å². The van der Waals surface area contributed by atoms with Gasteiger partial charge in [0.15, 0.2) is 5.82 Å². The van der Waals surface area contributed by atoms with Crippen LogP contribution in [0.1, 0.15) is 24.3 Å². The summed E-state index contributed by atoms with van der Waals surface area (Å²) in [6.45, 7) is 3.59. The Labute approximate surface area is 201 Å². The van der Waals surface area contributed by atoms with Crippen LogP contribution in [0.4, 0.5) is 21.7 Å². The van der Waals surface area contributed by atoms with Crippen molar-refractivity contribution in [2.75, 3.05) is 36.4 Å². The molecule has 4 aromatic rings. The molecule has 7 nitrogen and oxygen atoms in total. The number of aromatic nitrogens is 4. The Kier molecular flexibility index (Phi) is 5.47. The van der Waals surface area contributed by atoms with E-state index in [4.69, 9.17) is 21.6 Å². The van der Waals surface area contributed by atoms with E-state index in [-0.39, 0.29) is 10.7 Å². The van der Waals surface area contributed by atoms with Crippen LogP contribution < -0.4 is 15.5 Å². The number of para-hydroxylation sites is 1. The monoisotopic (exact) mass is 475 g/mol. The van der Waals surface area contributed by atoms with E-state index in [1.54, 1.807) is 18.3 Å². The summed E-state index contributed by atoms with van der Waals surface area (Å²) in [5, 5.41) is 7.80. The smallest absolute Gasteiger partial charge is 0.162 e. The van der Waals surface area contributed by atoms with Gasteiger partial charge in [0.1, 0.15) is 17.5 Å². The molecule has 6 rings (SSSR count). The Balaban J connectivity index is 1.44. The third-order valence-corrected chi connectivity index (χ3v) is 6.60. The molecule has 0 bridgehead atoms. The maximum Gasteiger partial charge on any atom is 0.162 e. The average molecular weight is 476 g/mol. The van der Waals surface area contributed by atoms with E-state index in [2.05, 4.69) is 25.5 Å². The highest BCUT2D eigenvalue weighted by atomic mass is 35.5. The Hall–Kier alpha value is -3.36. The Bertz CT molecular complexity index is 1350. The molecule has 2 fully saturated rings. The maximum absolute atomic E-state index is 14.3. The van der Waals surface area contributed by atoms with Crippen LogP contribution in [0.3, 0.4) is 0 Å². The van der Waals surface area contributed by atoms with Gasteiger partial charge < -0.3 is 15.5 Å². The third kappa shape index (κ3) is 4.03. The number of fused-ring (bicyclic) bond motifs is 1. The topological polar surface area (TPSA) is 78.9 Å². The van der Waals surface area contributed by atoms with Gasteiger partial charge in [0.2, 0.25) is 0 Å². The first-order chi connectivity index (χ1) is 16.7. The van der Waals surface area contributed by atoms with Crippen molar-refractivity contribution in [2.24, 2.45) is 0 Å². The second-order valence-electron chi connectivity index (χ2n) is 8.66. The fourth-order valence-electron chi connectivity index (χ4n) is 4.41. The lowest BCUT2D eigenvalue weighted by Gasteiger charge is -2.30. The van der Waals surface area contributed by atoms with Crippen LogP contribution in [0.15, 0.2) is 48.9 Å². The van der Waals surface area contributed by atoms with Crippen molar-refractivity contribution in [3.8, 4) is 11.4 Å². The third-order valence-electron chi connectivity index (χ3n) is 6.28. The standard InChI is InChI=1S/C25H23ClFN7/c26-18-2-1-3-19(27)23(18)32-21-12-16(6-7-30-21)24-31-20-14-29-13-17(15-4-5-15)22(20)25(33-24)34-10-8-28-9-11-34/h1-3,6-7,12-15,28H,4-5,8-11H2,(H,30,32). The fourth-order valence-corrected chi connectivity index (χ4v) is 4.62. The summed E-state index contributed by atoms with van der Waals surface area (Å²) in [6.07, 6.45) is 7.81. The highest BCUT2D eigenvalue weighted by Crippen LogP contribution is 2.44. The van der Waals surface area contributed by atoms with Crippen LogP contribution in [0.25, 0.3) is 22.3 Å². The summed E-state index contributed by atoms with van der Waals surface area (Å²) in [7, 11) is 0. The first-order valence-corrected chi connectivity index (χ1v) is 11.8. The van der Waals surface area contributed by atoms with Crippen molar-refractivity contribution in [1.82, 2.24) is 25.3 Å². The van der Waals surface area contributed by atoms with Crippen LogP contribution in [-0.4, -0.2) is 46.1 Å². The molecule has 34 heavy (non-hydrogen) atoms. The van der Waals surface area contributed by atoms with Crippen LogP contribution >= 0.6 is 11.6 Å². The van der Waals surface area contributed by atoms with Gasteiger partial charge in [0, 0.05) is 49.5 Å². The van der Waals surface area contributed by atoms with Gasteiger partial charge in [-0.05, 0) is 48.6 Å². The number of hydrogen-bond donors (Lipinski definition) is 2. The first-order valence-electron chi connectivity index (χ1n) is 11.5. The number of nitrogens with one attached hydrogen (secondary N) is 2. The minimum atomic E-state index is -0.443. The van der Waals surface area contributed by atoms with Crippen molar-refractivity contribution < 1.29 is 4.39 Å². The molecule has 1 saturated carbocycles. The van der Waals surface area contributed by atoms with Gasteiger partial charge >= 0.3 is 0 Å². The molecular formula is C25H23ClFN7. The molecular weight excluding hydrogens is 453 g/mol. The summed E-state index contributed by atoms with van der Waals surface area (Å²) in [5.41, 5.74) is 3.04. The first kappa shape index (κ1) is 21.2. The van der Waals surface area contributed by atoms with Crippen molar-refractivity contribution in [3.05, 3.63) is 65.3 Å². The molecule has 3 aromatic heterocycles. The van der Waals surface area contributed by atoms with Gasteiger partial charge in [0.05, 0.1) is 22.4 Å². The van der Waals surface area contributed by atoms with Gasteiger partial charge in [0.25, 0.3) is 0 Å². The summed E-state index contributed by atoms with van der Waals surface area (Å²) < 4.78 is 14.3. The lowest BCUT2D eigenvalue weighted by molar-refractivity contribution is 0.586. The van der Waals surface area contributed by atoms with Gasteiger partial charge in [-0.3, -0.25) is 4.98 Å². The van der Waals surface area contributed by atoms with Gasteiger partial charge in [-0.25, -0.2) is 19.3 Å². The van der Waals surface area contributed by atoms with Crippen LogP contribution in [0, 0.1) is 5.82 Å². The summed E-state index contributed by atoms with van der Waals surface area (Å²) in [5.74, 6) is 2.09. The second kappa shape index (κ2) is 8.77. The summed E-state index contributed by atoms with van der Waals surface area (Å²) in [6, 6.07) is 8.22. The van der Waals surface area contributed by atoms with Gasteiger partial charge in [-0.1, -0.05) is 17.7 Å². The van der Waals surface area contributed by atoms with E-state index >= 15 is 0 Å². The van der Waals surface area contributed by atoms with E-state index < -0.39 is 5.82 Å². The molecule has 1 saturated heterocycles. The van der Waals surface area contributed by atoms with Crippen molar-refractivity contribution in [3.63, 3.8) is 0 Å². The Morgan fingerprint density at radius 2 is 1.94 bits per heavy atom. The quantitative estimate of drug-likeness (QED) is 0.424. The van der Waals surface area contributed by atoms with Crippen LogP contribution in [-0.2, 0) is 0 Å². The molecule has 9 heteroatoms. The molecule has 0 spiro atoms. The van der Waals surface area contributed by atoms with Crippen LogP contribution in [0.5, 0.6) is 0 Å². The van der Waals surface area contributed by atoms with E-state index in [0.717, 1.165) is 48.5 Å². The number of anilines is 3. The molecule has 1 aliphatic heterocycles. The predicted molar refractivity (Wildman–Crippen MR) is 132 cm³/mol. The maximum atomic E-state index is 14.3. The lowest BCUT2D eigenvalue weighted by atomic mass is 10.1. The number of halogens is 2. The zero-order valence-electron chi connectivity index (χ0n) is 18.4. The van der Waals surface area contributed by atoms with Crippen molar-refractivity contribution in [1.29, 1.82) is 0 Å². The summed E-state index contributed by atoms with van der Waals surface area (Å²) >= 11 is 6.18. The molecule has 0 amide bonds. The minimum absolute atomic E-state index is 0.188. The number of rotatable bonds is 5. The second-order valence-corrected chi connectivity index (χ2v) is 9.06. The Morgan fingerprint density at radius 3 is 2.74 bits per heavy atom. The molecule has 1 aromatic carbocycles. The zero-order valence-corrected chi connectivity index (χ0v) is 19.2. The molecule has 0 unspecified atom stereocenters. The number of nitrogens with zero attached hydrogens (tertiary/aromatic N) is 5. The van der Waals surface area contributed by atoms with Gasteiger partial charge in [-0.2, -0.15) is 0 Å². The minimum Gasteiger partial charge on any atom is -0.353 e. The van der Waals surface area contributed by atoms with Gasteiger partial charge in [-0.15, -0.1) is 0 Å². The molecule has 2 aliphatic rings.